The predicted octanol–water partition coefficient (Wildman–Crippen LogP) is 2.70. The lowest BCUT2D eigenvalue weighted by molar-refractivity contribution is -0.145. The minimum atomic E-state index is -0.762. The zero-order valence-electron chi connectivity index (χ0n) is 12.8. The molecule has 0 saturated carbocycles. The van der Waals surface area contributed by atoms with E-state index in [9.17, 15) is 4.79 Å². The summed E-state index contributed by atoms with van der Waals surface area (Å²) in [7, 11) is 4.91. The predicted molar refractivity (Wildman–Crippen MR) is 77.0 cm³/mol. The molecule has 0 aliphatic heterocycles. The van der Waals surface area contributed by atoms with Gasteiger partial charge in [0.15, 0.2) is 0 Å². The molecule has 0 spiro atoms. The standard InChI is InChI=1S/C15H23NO3/c1-10-8-11(2)13(18-6)12(9-10)16(5)15(3,4)14(17)19-7/h8-9H,1-7H3. The average molecular weight is 265 g/mol. The van der Waals surface area contributed by atoms with Crippen molar-refractivity contribution in [3.05, 3.63) is 23.3 Å². The number of nitrogens with zero attached hydrogens (tertiary/aromatic N) is 1. The Morgan fingerprint density at radius 2 is 1.79 bits per heavy atom. The van der Waals surface area contributed by atoms with Gasteiger partial charge in [0, 0.05) is 7.05 Å². The summed E-state index contributed by atoms with van der Waals surface area (Å²) in [5.41, 5.74) is 2.30. The van der Waals surface area contributed by atoms with Crippen molar-refractivity contribution in [2.75, 3.05) is 26.2 Å². The molecule has 0 aromatic heterocycles. The van der Waals surface area contributed by atoms with E-state index >= 15 is 0 Å². The van der Waals surface area contributed by atoms with Crippen molar-refractivity contribution in [3.8, 4) is 5.75 Å². The molecule has 0 amide bonds. The van der Waals surface area contributed by atoms with E-state index in [0.29, 0.717) is 0 Å². The molecule has 0 radical (unpaired) electrons. The van der Waals surface area contributed by atoms with E-state index in [0.717, 1.165) is 22.6 Å². The fourth-order valence-electron chi connectivity index (χ4n) is 2.13. The molecule has 0 aliphatic rings. The Morgan fingerprint density at radius 1 is 1.21 bits per heavy atom. The summed E-state index contributed by atoms with van der Waals surface area (Å²) in [6.07, 6.45) is 0. The van der Waals surface area contributed by atoms with Crippen molar-refractivity contribution in [2.45, 2.75) is 33.2 Å². The zero-order chi connectivity index (χ0) is 14.8. The maximum absolute atomic E-state index is 11.9. The molecule has 0 aliphatic carbocycles. The Hall–Kier alpha value is -1.71. The van der Waals surface area contributed by atoms with Crippen LogP contribution in [0.2, 0.25) is 0 Å². The van der Waals surface area contributed by atoms with Gasteiger partial charge in [0.1, 0.15) is 11.3 Å². The SMILES string of the molecule is COC(=O)C(C)(C)N(C)c1cc(C)cc(C)c1OC. The van der Waals surface area contributed by atoms with Crippen LogP contribution in [0.3, 0.4) is 0 Å². The number of hydrogen-bond donors (Lipinski definition) is 0. The molecule has 4 heteroatoms. The van der Waals surface area contributed by atoms with E-state index in [1.54, 1.807) is 7.11 Å². The van der Waals surface area contributed by atoms with Gasteiger partial charge < -0.3 is 14.4 Å². The number of methoxy groups -OCH3 is 2. The van der Waals surface area contributed by atoms with E-state index in [-0.39, 0.29) is 5.97 Å². The van der Waals surface area contributed by atoms with Crippen LogP contribution in [0.1, 0.15) is 25.0 Å². The zero-order valence-corrected chi connectivity index (χ0v) is 12.8. The van der Waals surface area contributed by atoms with Crippen molar-refractivity contribution in [1.29, 1.82) is 0 Å². The number of esters is 1. The number of hydrogen-bond acceptors (Lipinski definition) is 4. The highest BCUT2D eigenvalue weighted by Gasteiger charge is 2.35. The van der Waals surface area contributed by atoms with Gasteiger partial charge >= 0.3 is 5.97 Å². The van der Waals surface area contributed by atoms with Gasteiger partial charge in [0.2, 0.25) is 0 Å². The molecule has 0 saturated heterocycles. The van der Waals surface area contributed by atoms with Crippen LogP contribution in [-0.2, 0) is 9.53 Å². The third kappa shape index (κ3) is 2.83. The molecule has 106 valence electrons. The van der Waals surface area contributed by atoms with E-state index in [4.69, 9.17) is 9.47 Å². The lowest BCUT2D eigenvalue weighted by atomic mass is 10.0. The number of carbonyl (C=O) groups is 1. The Labute approximate surface area is 115 Å². The van der Waals surface area contributed by atoms with Gasteiger partial charge in [0.05, 0.1) is 19.9 Å². The minimum Gasteiger partial charge on any atom is -0.494 e. The lowest BCUT2D eigenvalue weighted by Gasteiger charge is -2.36. The van der Waals surface area contributed by atoms with Crippen LogP contribution in [0.5, 0.6) is 5.75 Å². The van der Waals surface area contributed by atoms with Crippen molar-refractivity contribution in [2.24, 2.45) is 0 Å². The number of aryl methyl sites for hydroxylation is 2. The second-order valence-corrected chi connectivity index (χ2v) is 5.24. The minimum absolute atomic E-state index is 0.281. The Bertz CT molecular complexity index is 481. The Kier molecular flexibility index (Phi) is 4.45. The fraction of sp³-hybridized carbons (Fsp3) is 0.533. The molecule has 0 bridgehead atoms. The third-order valence-electron chi connectivity index (χ3n) is 3.49. The van der Waals surface area contributed by atoms with Crippen LogP contribution in [0.25, 0.3) is 0 Å². The Morgan fingerprint density at radius 3 is 2.26 bits per heavy atom. The summed E-state index contributed by atoms with van der Waals surface area (Å²) in [5, 5.41) is 0. The van der Waals surface area contributed by atoms with E-state index in [2.05, 4.69) is 6.07 Å². The first-order valence-electron chi connectivity index (χ1n) is 6.23. The van der Waals surface area contributed by atoms with Gasteiger partial charge in [-0.3, -0.25) is 0 Å². The number of anilines is 1. The van der Waals surface area contributed by atoms with Gasteiger partial charge in [-0.15, -0.1) is 0 Å². The molecule has 1 rings (SSSR count). The number of ether oxygens (including phenoxy) is 2. The summed E-state index contributed by atoms with van der Waals surface area (Å²) in [6.45, 7) is 7.68. The first-order chi connectivity index (χ1) is 8.75. The van der Waals surface area contributed by atoms with E-state index < -0.39 is 5.54 Å². The monoisotopic (exact) mass is 265 g/mol. The summed E-state index contributed by atoms with van der Waals surface area (Å²) >= 11 is 0. The van der Waals surface area contributed by atoms with Gasteiger partial charge in [0.25, 0.3) is 0 Å². The summed E-state index contributed by atoms with van der Waals surface area (Å²) < 4.78 is 10.3. The van der Waals surface area contributed by atoms with Crippen LogP contribution in [0.15, 0.2) is 12.1 Å². The molecular weight excluding hydrogens is 242 g/mol. The molecule has 0 heterocycles. The van der Waals surface area contributed by atoms with Crippen molar-refractivity contribution in [1.82, 2.24) is 0 Å². The number of rotatable bonds is 4. The molecule has 0 unspecified atom stereocenters. The van der Waals surface area contributed by atoms with Crippen molar-refractivity contribution >= 4 is 11.7 Å². The van der Waals surface area contributed by atoms with Crippen LogP contribution in [-0.4, -0.2) is 32.8 Å². The number of likely N-dealkylation sites (N-methyl/N-ethyl adjacent to an activating group) is 1. The summed E-state index contributed by atoms with van der Waals surface area (Å²) in [5.74, 6) is 0.501. The van der Waals surface area contributed by atoms with Gasteiger partial charge in [-0.25, -0.2) is 4.79 Å². The molecule has 1 aromatic rings. The normalized spacial score (nSPS) is 11.1. The van der Waals surface area contributed by atoms with Crippen molar-refractivity contribution in [3.63, 3.8) is 0 Å². The molecule has 4 nitrogen and oxygen atoms in total. The topological polar surface area (TPSA) is 38.8 Å². The fourth-order valence-corrected chi connectivity index (χ4v) is 2.13. The van der Waals surface area contributed by atoms with Gasteiger partial charge in [-0.2, -0.15) is 0 Å². The lowest BCUT2D eigenvalue weighted by Crippen LogP contribution is -2.49. The van der Waals surface area contributed by atoms with Crippen LogP contribution >= 0.6 is 0 Å². The number of benzene rings is 1. The molecular formula is C15H23NO3. The summed E-state index contributed by atoms with van der Waals surface area (Å²) in [4.78, 5) is 13.8. The third-order valence-corrected chi connectivity index (χ3v) is 3.49. The molecule has 0 atom stereocenters. The van der Waals surface area contributed by atoms with Gasteiger partial charge in [-0.05, 0) is 44.9 Å². The first-order valence-corrected chi connectivity index (χ1v) is 6.23. The van der Waals surface area contributed by atoms with Crippen LogP contribution < -0.4 is 9.64 Å². The highest BCUT2D eigenvalue weighted by atomic mass is 16.5. The van der Waals surface area contributed by atoms with E-state index in [1.165, 1.54) is 7.11 Å². The quantitative estimate of drug-likeness (QED) is 0.785. The molecule has 19 heavy (non-hydrogen) atoms. The maximum Gasteiger partial charge on any atom is 0.331 e. The highest BCUT2D eigenvalue weighted by Crippen LogP contribution is 2.36. The molecule has 0 N–H and O–H groups in total. The summed E-state index contributed by atoms with van der Waals surface area (Å²) in [6, 6.07) is 4.07. The molecule has 1 aromatic carbocycles. The second-order valence-electron chi connectivity index (χ2n) is 5.24. The van der Waals surface area contributed by atoms with E-state index in [1.807, 2.05) is 45.7 Å². The number of carbonyl (C=O) groups excluding carboxylic acids is 1. The van der Waals surface area contributed by atoms with Crippen LogP contribution in [0, 0.1) is 13.8 Å². The highest BCUT2D eigenvalue weighted by molar-refractivity contribution is 5.85. The van der Waals surface area contributed by atoms with Crippen LogP contribution in [0.4, 0.5) is 5.69 Å². The average Bonchev–Trinajstić information content (AvgIpc) is 2.35. The second kappa shape index (κ2) is 5.51. The maximum atomic E-state index is 11.9. The smallest absolute Gasteiger partial charge is 0.331 e. The first kappa shape index (κ1) is 15.3. The largest absolute Gasteiger partial charge is 0.494 e. The van der Waals surface area contributed by atoms with Gasteiger partial charge in [-0.1, -0.05) is 6.07 Å². The Balaban J connectivity index is 3.33. The van der Waals surface area contributed by atoms with Crippen molar-refractivity contribution < 1.29 is 14.3 Å². The molecule has 0 fully saturated rings.